The first-order chi connectivity index (χ1) is 10.3. The number of benzene rings is 1. The van der Waals surface area contributed by atoms with Gasteiger partial charge >= 0.3 is 0 Å². The maximum absolute atomic E-state index is 13.9. The summed E-state index contributed by atoms with van der Waals surface area (Å²) in [5, 5.41) is 11.0. The van der Waals surface area contributed by atoms with E-state index in [1.807, 2.05) is 24.8 Å². The van der Waals surface area contributed by atoms with E-state index in [1.165, 1.54) is 18.5 Å². The van der Waals surface area contributed by atoms with E-state index in [4.69, 9.17) is 21.0 Å². The number of nitrogens with one attached hydrogen (secondary N) is 1. The molecule has 0 bridgehead atoms. The van der Waals surface area contributed by atoms with E-state index in [2.05, 4.69) is 15.3 Å². The maximum Gasteiger partial charge on any atom is 0.224 e. The summed E-state index contributed by atoms with van der Waals surface area (Å²) in [4.78, 5) is 8.16. The van der Waals surface area contributed by atoms with Crippen LogP contribution in [0.4, 0.5) is 10.1 Å². The van der Waals surface area contributed by atoms with Crippen molar-refractivity contribution in [2.45, 2.75) is 11.5 Å². The monoisotopic (exact) mass is 342 g/mol. The molecule has 0 saturated carbocycles. The molecule has 22 heavy (non-hydrogen) atoms. The van der Waals surface area contributed by atoms with Gasteiger partial charge in [-0.1, -0.05) is 10.3 Å². The van der Waals surface area contributed by atoms with Gasteiger partial charge in [-0.25, -0.2) is 14.4 Å². The minimum atomic E-state index is -1.28. The normalized spacial score (nSPS) is 21.7. The minimum absolute atomic E-state index is 0.219. The van der Waals surface area contributed by atoms with Gasteiger partial charge in [-0.3, -0.25) is 0 Å². The van der Waals surface area contributed by atoms with Crippen LogP contribution in [0.15, 0.2) is 28.2 Å². The van der Waals surface area contributed by atoms with Crippen molar-refractivity contribution in [2.24, 2.45) is 9.98 Å². The van der Waals surface area contributed by atoms with Crippen LogP contribution in [-0.2, 0) is 4.18 Å². The van der Waals surface area contributed by atoms with Gasteiger partial charge in [0.25, 0.3) is 0 Å². The van der Waals surface area contributed by atoms with Gasteiger partial charge in [0.1, 0.15) is 18.3 Å². The molecule has 1 heterocycles. The molecule has 0 aromatic heterocycles. The summed E-state index contributed by atoms with van der Waals surface area (Å²) in [6.07, 6.45) is 6.64. The molecule has 0 spiro atoms. The van der Waals surface area contributed by atoms with Gasteiger partial charge in [-0.15, -0.1) is 11.6 Å². The summed E-state index contributed by atoms with van der Waals surface area (Å²) in [7, 11) is -1.28. The Hall–Kier alpha value is -1.78. The highest BCUT2D eigenvalue weighted by atomic mass is 35.5. The molecular formula is C14H16ClFN4OS. The van der Waals surface area contributed by atoms with Crippen LogP contribution in [0.2, 0.25) is 0 Å². The Morgan fingerprint density at radius 2 is 2.14 bits per heavy atom. The van der Waals surface area contributed by atoms with Gasteiger partial charge in [-0.05, 0) is 37.0 Å². The molecule has 2 unspecified atom stereocenters. The maximum atomic E-state index is 13.9. The Bertz CT molecular complexity index is 666. The van der Waals surface area contributed by atoms with Gasteiger partial charge in [0.2, 0.25) is 5.90 Å². The van der Waals surface area contributed by atoms with Crippen molar-refractivity contribution in [1.29, 1.82) is 5.26 Å². The summed E-state index contributed by atoms with van der Waals surface area (Å²) < 4.78 is 19.7. The van der Waals surface area contributed by atoms with Gasteiger partial charge in [0.05, 0.1) is 17.3 Å². The molecule has 0 amide bonds. The average Bonchev–Trinajstić information content (AvgIpc) is 2.43. The zero-order valence-electron chi connectivity index (χ0n) is 12.4. The summed E-state index contributed by atoms with van der Waals surface area (Å²) in [6.45, 7) is 0. The van der Waals surface area contributed by atoms with E-state index < -0.39 is 27.7 Å². The van der Waals surface area contributed by atoms with Crippen LogP contribution >= 0.6 is 21.9 Å². The number of rotatable bonds is 3. The second kappa shape index (κ2) is 6.55. The Kier molecular flexibility index (Phi) is 4.94. The third-order valence-electron chi connectivity index (χ3n) is 2.66. The standard InChI is InChI=1S/C14H16ClFN4OS/c1-22(2,3)21-14-12(15)13(18-8-19-14)20-11-5-4-9(7-17)6-10(11)16/h4-6,8,12-13,20H,1-3H3. The van der Waals surface area contributed by atoms with Crippen molar-refractivity contribution >= 4 is 39.8 Å². The average molecular weight is 343 g/mol. The van der Waals surface area contributed by atoms with Gasteiger partial charge in [0.15, 0.2) is 5.38 Å². The molecule has 8 heteroatoms. The smallest absolute Gasteiger partial charge is 0.224 e. The first-order valence-electron chi connectivity index (χ1n) is 6.37. The summed E-state index contributed by atoms with van der Waals surface area (Å²) in [6, 6.07) is 6.04. The third kappa shape index (κ3) is 4.12. The first kappa shape index (κ1) is 16.6. The molecule has 2 atom stereocenters. The number of aliphatic imine (C=N–C) groups is 2. The molecule has 2 rings (SSSR count). The summed E-state index contributed by atoms with van der Waals surface area (Å²) >= 11 is 6.32. The van der Waals surface area contributed by atoms with E-state index in [1.54, 1.807) is 0 Å². The lowest BCUT2D eigenvalue weighted by Crippen LogP contribution is -2.38. The summed E-state index contributed by atoms with van der Waals surface area (Å²) in [5.74, 6) is -0.171. The van der Waals surface area contributed by atoms with Gasteiger partial charge < -0.3 is 9.50 Å². The molecule has 1 aromatic rings. The minimum Gasteiger partial charge on any atom is -0.432 e. The number of hydrogen-bond acceptors (Lipinski definition) is 5. The molecule has 5 nitrogen and oxygen atoms in total. The van der Waals surface area contributed by atoms with Crippen LogP contribution < -0.4 is 5.32 Å². The van der Waals surface area contributed by atoms with Gasteiger partial charge in [-0.2, -0.15) is 5.26 Å². The van der Waals surface area contributed by atoms with Crippen LogP contribution in [0.5, 0.6) is 0 Å². The highest BCUT2D eigenvalue weighted by Crippen LogP contribution is 2.38. The number of nitriles is 1. The number of nitrogens with zero attached hydrogens (tertiary/aromatic N) is 3. The van der Waals surface area contributed by atoms with E-state index in [0.29, 0.717) is 5.90 Å². The predicted octanol–water partition coefficient (Wildman–Crippen LogP) is 3.11. The second-order valence-electron chi connectivity index (χ2n) is 5.34. The molecule has 0 saturated heterocycles. The fourth-order valence-electron chi connectivity index (χ4n) is 1.74. The molecule has 118 valence electrons. The largest absolute Gasteiger partial charge is 0.432 e. The van der Waals surface area contributed by atoms with Crippen LogP contribution in [0.25, 0.3) is 0 Å². The van der Waals surface area contributed by atoms with Crippen LogP contribution in [-0.4, -0.2) is 42.5 Å². The zero-order chi connectivity index (χ0) is 16.3. The van der Waals surface area contributed by atoms with Crippen molar-refractivity contribution < 1.29 is 8.57 Å². The molecule has 1 aliphatic heterocycles. The molecule has 1 N–H and O–H groups in total. The van der Waals surface area contributed by atoms with Crippen molar-refractivity contribution in [2.75, 3.05) is 24.1 Å². The Balaban J connectivity index is 2.13. The molecule has 0 aliphatic carbocycles. The van der Waals surface area contributed by atoms with Crippen molar-refractivity contribution in [3.63, 3.8) is 0 Å². The van der Waals surface area contributed by atoms with E-state index in [0.717, 1.165) is 6.07 Å². The molecule has 0 fully saturated rings. The lowest BCUT2D eigenvalue weighted by atomic mass is 10.2. The second-order valence-corrected chi connectivity index (χ2v) is 9.42. The fourth-order valence-corrected chi connectivity index (χ4v) is 2.68. The van der Waals surface area contributed by atoms with Crippen LogP contribution in [0, 0.1) is 17.1 Å². The predicted molar refractivity (Wildman–Crippen MR) is 90.5 cm³/mol. The van der Waals surface area contributed by atoms with E-state index >= 15 is 0 Å². The Morgan fingerprint density at radius 3 is 2.73 bits per heavy atom. The van der Waals surface area contributed by atoms with Crippen molar-refractivity contribution in [1.82, 2.24) is 0 Å². The van der Waals surface area contributed by atoms with Crippen LogP contribution in [0.1, 0.15) is 5.56 Å². The first-order valence-corrected chi connectivity index (χ1v) is 9.59. The van der Waals surface area contributed by atoms with E-state index in [9.17, 15) is 4.39 Å². The molecule has 1 aliphatic rings. The lowest BCUT2D eigenvalue weighted by Gasteiger charge is -2.31. The summed E-state index contributed by atoms with van der Waals surface area (Å²) in [5.41, 5.74) is 0.468. The lowest BCUT2D eigenvalue weighted by molar-refractivity contribution is 0.580. The quantitative estimate of drug-likeness (QED) is 0.858. The molecule has 0 radical (unpaired) electrons. The topological polar surface area (TPSA) is 69.8 Å². The SMILES string of the molecule is CS(C)(C)OC1=NC=NC(Nc2ccc(C#N)cc2F)C1Cl. The highest BCUT2D eigenvalue weighted by molar-refractivity contribution is 8.28. The number of anilines is 1. The van der Waals surface area contributed by atoms with Gasteiger partial charge in [0, 0.05) is 0 Å². The number of alkyl halides is 1. The Morgan fingerprint density at radius 1 is 1.41 bits per heavy atom. The molecular weight excluding hydrogens is 327 g/mol. The van der Waals surface area contributed by atoms with Crippen molar-refractivity contribution in [3.8, 4) is 6.07 Å². The van der Waals surface area contributed by atoms with E-state index in [-0.39, 0.29) is 11.3 Å². The van der Waals surface area contributed by atoms with Crippen LogP contribution in [0.3, 0.4) is 0 Å². The fraction of sp³-hybridized carbons (Fsp3) is 0.357. The number of halogens is 2. The van der Waals surface area contributed by atoms with Crippen molar-refractivity contribution in [3.05, 3.63) is 29.6 Å². The zero-order valence-corrected chi connectivity index (χ0v) is 14.0. The Labute approximate surface area is 135 Å². The number of hydrogen-bond donors (Lipinski definition) is 1. The third-order valence-corrected chi connectivity index (χ3v) is 3.76. The highest BCUT2D eigenvalue weighted by Gasteiger charge is 2.30. The molecule has 1 aromatic carbocycles.